The largest absolute Gasteiger partial charge is 0.381 e. The van der Waals surface area contributed by atoms with Crippen LogP contribution in [0, 0.1) is 12.3 Å². The topological polar surface area (TPSA) is 96.6 Å². The van der Waals surface area contributed by atoms with E-state index in [1.54, 1.807) is 0 Å². The molecule has 0 atom stereocenters. The number of ether oxygens (including phenoxy) is 1. The van der Waals surface area contributed by atoms with E-state index in [9.17, 15) is 4.79 Å². The predicted molar refractivity (Wildman–Crippen MR) is 152 cm³/mol. The highest BCUT2D eigenvalue weighted by molar-refractivity contribution is 5.92. The minimum atomic E-state index is -0.524. The second kappa shape index (κ2) is 11.6. The third-order valence-corrected chi connectivity index (χ3v) is 9.02. The molecule has 0 bridgehead atoms. The SMILES string of the molecule is CCc1nc(C(N)=O)c(Cc2ccc(N3CCC4(CCN(C)CC4)CC3)c(C)c2)nc1NC1CCOCC1. The quantitative estimate of drug-likeness (QED) is 0.571. The van der Waals surface area contributed by atoms with Crippen molar-refractivity contribution in [2.24, 2.45) is 11.1 Å². The van der Waals surface area contributed by atoms with Gasteiger partial charge in [-0.3, -0.25) is 4.79 Å². The van der Waals surface area contributed by atoms with Crippen LogP contribution in [0.5, 0.6) is 0 Å². The number of hydrogen-bond donors (Lipinski definition) is 2. The Kier molecular flexibility index (Phi) is 8.19. The first-order valence-electron chi connectivity index (χ1n) is 14.4. The van der Waals surface area contributed by atoms with Crippen LogP contribution in [0.4, 0.5) is 11.5 Å². The lowest BCUT2D eigenvalue weighted by atomic mass is 9.71. The summed E-state index contributed by atoms with van der Waals surface area (Å²) in [5.74, 6) is 0.244. The molecule has 1 aromatic carbocycles. The summed E-state index contributed by atoms with van der Waals surface area (Å²) in [6, 6.07) is 6.96. The van der Waals surface area contributed by atoms with E-state index in [1.165, 1.54) is 50.0 Å². The fourth-order valence-electron chi connectivity index (χ4n) is 6.41. The maximum atomic E-state index is 12.3. The average Bonchev–Trinajstić information content (AvgIpc) is 2.92. The summed E-state index contributed by atoms with van der Waals surface area (Å²) in [6.45, 7) is 10.4. The molecule has 3 aliphatic heterocycles. The first-order chi connectivity index (χ1) is 18.4. The van der Waals surface area contributed by atoms with Crippen molar-refractivity contribution in [3.8, 4) is 0 Å². The Morgan fingerprint density at radius 1 is 1.08 bits per heavy atom. The molecule has 0 aliphatic carbocycles. The summed E-state index contributed by atoms with van der Waals surface area (Å²) >= 11 is 0. The van der Waals surface area contributed by atoms with Crippen molar-refractivity contribution in [3.05, 3.63) is 46.4 Å². The van der Waals surface area contributed by atoms with Crippen LogP contribution in [0.25, 0.3) is 0 Å². The minimum absolute atomic E-state index is 0.278. The molecular formula is C30H44N6O2. The van der Waals surface area contributed by atoms with Crippen LogP contribution >= 0.6 is 0 Å². The number of likely N-dealkylation sites (tertiary alicyclic amines) is 1. The molecule has 3 N–H and O–H groups in total. The van der Waals surface area contributed by atoms with Crippen molar-refractivity contribution >= 4 is 17.4 Å². The number of nitrogens with zero attached hydrogens (tertiary/aromatic N) is 4. The first kappa shape index (κ1) is 26.9. The zero-order valence-electron chi connectivity index (χ0n) is 23.4. The number of rotatable bonds is 7. The molecule has 5 rings (SSSR count). The number of piperidine rings is 2. The third kappa shape index (κ3) is 5.96. The molecule has 3 saturated heterocycles. The predicted octanol–water partition coefficient (Wildman–Crippen LogP) is 3.94. The molecule has 1 spiro atoms. The molecule has 206 valence electrons. The molecule has 4 heterocycles. The van der Waals surface area contributed by atoms with E-state index in [4.69, 9.17) is 15.5 Å². The molecular weight excluding hydrogens is 476 g/mol. The molecule has 3 aliphatic rings. The summed E-state index contributed by atoms with van der Waals surface area (Å²) < 4.78 is 5.50. The van der Waals surface area contributed by atoms with E-state index in [0.29, 0.717) is 30.0 Å². The number of amides is 1. The van der Waals surface area contributed by atoms with Gasteiger partial charge in [0.05, 0.1) is 11.4 Å². The van der Waals surface area contributed by atoms with Gasteiger partial charge in [-0.05, 0) is 94.6 Å². The number of nitrogens with two attached hydrogens (primary N) is 1. The monoisotopic (exact) mass is 520 g/mol. The minimum Gasteiger partial charge on any atom is -0.381 e. The van der Waals surface area contributed by atoms with Crippen molar-refractivity contribution in [2.75, 3.05) is 56.7 Å². The number of anilines is 2. The molecule has 3 fully saturated rings. The molecule has 0 radical (unpaired) electrons. The van der Waals surface area contributed by atoms with Gasteiger partial charge in [0.15, 0.2) is 0 Å². The standard InChI is InChI=1S/C30H44N6O2/c1-4-24-29(32-23-7-17-38-18-8-23)34-25(27(33-24)28(31)37)20-22-5-6-26(21(2)19-22)36-15-11-30(12-16-36)9-13-35(3)14-10-30/h5-6,19,23H,4,7-18,20H2,1-3H3,(H2,31,37)(H,32,34). The van der Waals surface area contributed by atoms with Crippen molar-refractivity contribution in [3.63, 3.8) is 0 Å². The number of primary amides is 1. The van der Waals surface area contributed by atoms with E-state index in [2.05, 4.69) is 52.3 Å². The number of aryl methyl sites for hydroxylation is 2. The van der Waals surface area contributed by atoms with E-state index in [1.807, 2.05) is 6.92 Å². The Morgan fingerprint density at radius 3 is 2.39 bits per heavy atom. The number of carbonyl (C=O) groups is 1. The summed E-state index contributed by atoms with van der Waals surface area (Å²) in [6.07, 6.45) is 8.32. The Hall–Kier alpha value is -2.71. The van der Waals surface area contributed by atoms with Crippen LogP contribution in [0.3, 0.4) is 0 Å². The van der Waals surface area contributed by atoms with Crippen LogP contribution in [0.2, 0.25) is 0 Å². The Labute approximate surface area is 227 Å². The van der Waals surface area contributed by atoms with Gasteiger partial charge in [0, 0.05) is 44.5 Å². The van der Waals surface area contributed by atoms with Crippen molar-refractivity contribution < 1.29 is 9.53 Å². The summed E-state index contributed by atoms with van der Waals surface area (Å²) in [5, 5.41) is 3.57. The Morgan fingerprint density at radius 2 is 1.76 bits per heavy atom. The van der Waals surface area contributed by atoms with Gasteiger partial charge < -0.3 is 25.6 Å². The molecule has 0 saturated carbocycles. The van der Waals surface area contributed by atoms with Crippen molar-refractivity contribution in [1.29, 1.82) is 0 Å². The molecule has 8 nitrogen and oxygen atoms in total. The average molecular weight is 521 g/mol. The van der Waals surface area contributed by atoms with E-state index < -0.39 is 5.91 Å². The molecule has 1 amide bonds. The van der Waals surface area contributed by atoms with Crippen LogP contribution in [-0.4, -0.2) is 73.3 Å². The van der Waals surface area contributed by atoms with Gasteiger partial charge in [0.2, 0.25) is 0 Å². The van der Waals surface area contributed by atoms with Gasteiger partial charge in [0.25, 0.3) is 5.91 Å². The van der Waals surface area contributed by atoms with E-state index in [-0.39, 0.29) is 5.69 Å². The third-order valence-electron chi connectivity index (χ3n) is 9.02. The summed E-state index contributed by atoms with van der Waals surface area (Å²) in [7, 11) is 2.24. The molecule has 38 heavy (non-hydrogen) atoms. The maximum absolute atomic E-state index is 12.3. The lowest BCUT2D eigenvalue weighted by Gasteiger charge is -2.47. The van der Waals surface area contributed by atoms with Gasteiger partial charge in [-0.2, -0.15) is 0 Å². The number of benzene rings is 1. The normalized spacial score (nSPS) is 20.6. The molecule has 0 unspecified atom stereocenters. The number of carbonyl (C=O) groups excluding carboxylic acids is 1. The lowest BCUT2D eigenvalue weighted by Crippen LogP contribution is -2.46. The highest BCUT2D eigenvalue weighted by Gasteiger charge is 2.37. The van der Waals surface area contributed by atoms with Crippen molar-refractivity contribution in [1.82, 2.24) is 14.9 Å². The lowest BCUT2D eigenvalue weighted by molar-refractivity contribution is 0.0903. The van der Waals surface area contributed by atoms with Gasteiger partial charge in [0.1, 0.15) is 11.5 Å². The van der Waals surface area contributed by atoms with Gasteiger partial charge in [-0.1, -0.05) is 19.1 Å². The van der Waals surface area contributed by atoms with Crippen LogP contribution < -0.4 is 16.0 Å². The number of aromatic nitrogens is 2. The highest BCUT2D eigenvalue weighted by Crippen LogP contribution is 2.42. The smallest absolute Gasteiger partial charge is 0.269 e. The molecule has 1 aromatic heterocycles. The fourth-order valence-corrected chi connectivity index (χ4v) is 6.41. The van der Waals surface area contributed by atoms with Gasteiger partial charge in [-0.15, -0.1) is 0 Å². The fraction of sp³-hybridized carbons (Fsp3) is 0.633. The van der Waals surface area contributed by atoms with Gasteiger partial charge >= 0.3 is 0 Å². The number of nitrogens with one attached hydrogen (secondary N) is 1. The Balaban J connectivity index is 1.31. The Bertz CT molecular complexity index is 1130. The first-order valence-corrected chi connectivity index (χ1v) is 14.4. The van der Waals surface area contributed by atoms with Crippen LogP contribution in [0.1, 0.15) is 78.5 Å². The molecule has 2 aromatic rings. The molecule has 8 heteroatoms. The highest BCUT2D eigenvalue weighted by atomic mass is 16.5. The van der Waals surface area contributed by atoms with Crippen molar-refractivity contribution in [2.45, 2.75) is 71.3 Å². The van der Waals surface area contributed by atoms with Gasteiger partial charge in [-0.25, -0.2) is 9.97 Å². The second-order valence-corrected chi connectivity index (χ2v) is 11.7. The van der Waals surface area contributed by atoms with E-state index >= 15 is 0 Å². The zero-order valence-corrected chi connectivity index (χ0v) is 23.4. The number of hydrogen-bond acceptors (Lipinski definition) is 7. The van der Waals surface area contributed by atoms with Crippen LogP contribution in [-0.2, 0) is 17.6 Å². The van der Waals surface area contributed by atoms with E-state index in [0.717, 1.165) is 56.2 Å². The summed E-state index contributed by atoms with van der Waals surface area (Å²) in [4.78, 5) is 26.9. The zero-order chi connectivity index (χ0) is 26.7. The van der Waals surface area contributed by atoms with Crippen LogP contribution in [0.15, 0.2) is 18.2 Å². The summed E-state index contributed by atoms with van der Waals surface area (Å²) in [5.41, 5.74) is 11.7. The second-order valence-electron chi connectivity index (χ2n) is 11.7. The maximum Gasteiger partial charge on any atom is 0.269 e.